The summed E-state index contributed by atoms with van der Waals surface area (Å²) in [7, 11) is 3.41. The van der Waals surface area contributed by atoms with Gasteiger partial charge in [-0.05, 0) is 67.8 Å². The Morgan fingerprint density at radius 1 is 1.19 bits per heavy atom. The minimum Gasteiger partial charge on any atom is -0.453 e. The van der Waals surface area contributed by atoms with Crippen LogP contribution in [0.1, 0.15) is 52.4 Å². The Balaban J connectivity index is 1.60. The van der Waals surface area contributed by atoms with Gasteiger partial charge < -0.3 is 15.0 Å². The largest absolute Gasteiger partial charge is 0.453 e. The third-order valence-electron chi connectivity index (χ3n) is 8.61. The predicted molar refractivity (Wildman–Crippen MR) is 99.4 cm³/mol. The number of carbonyl (C=O) groups excluding carboxylic acids is 2. The maximum absolute atomic E-state index is 12.1. The summed E-state index contributed by atoms with van der Waals surface area (Å²) >= 11 is 0. The van der Waals surface area contributed by atoms with Crippen molar-refractivity contribution in [3.05, 3.63) is 12.2 Å². The first-order valence-corrected chi connectivity index (χ1v) is 10.1. The summed E-state index contributed by atoms with van der Waals surface area (Å²) in [6.07, 6.45) is 10.6. The van der Waals surface area contributed by atoms with Gasteiger partial charge >= 0.3 is 6.09 Å². The molecule has 2 amide bonds. The van der Waals surface area contributed by atoms with Crippen molar-refractivity contribution in [1.29, 1.82) is 0 Å². The molecule has 4 aliphatic rings. The number of hydrogen-bond donors (Lipinski definition) is 1. The van der Waals surface area contributed by atoms with Crippen molar-refractivity contribution in [2.45, 2.75) is 64.5 Å². The predicted octanol–water partition coefficient (Wildman–Crippen LogP) is 3.35. The lowest BCUT2D eigenvalue weighted by molar-refractivity contribution is -0.138. The molecule has 0 spiro atoms. The number of nitrogens with zero attached hydrogens (tertiary/aromatic N) is 1. The van der Waals surface area contributed by atoms with Crippen molar-refractivity contribution in [1.82, 2.24) is 10.2 Å². The van der Waals surface area contributed by atoms with Gasteiger partial charge in [0.1, 0.15) is 0 Å². The Morgan fingerprint density at radius 2 is 1.96 bits per heavy atom. The Morgan fingerprint density at radius 3 is 2.69 bits per heavy atom. The van der Waals surface area contributed by atoms with E-state index in [4.69, 9.17) is 4.74 Å². The second-order valence-electron chi connectivity index (χ2n) is 9.43. The zero-order chi connectivity index (χ0) is 18.7. The number of amides is 2. The fourth-order valence-corrected chi connectivity index (χ4v) is 7.18. The number of rotatable bonds is 1. The van der Waals surface area contributed by atoms with Crippen LogP contribution in [0.15, 0.2) is 12.2 Å². The molecule has 144 valence electrons. The van der Waals surface area contributed by atoms with Gasteiger partial charge in [-0.3, -0.25) is 4.79 Å². The van der Waals surface area contributed by atoms with Crippen molar-refractivity contribution >= 4 is 12.0 Å². The molecule has 4 rings (SSSR count). The molecule has 0 bridgehead atoms. The summed E-state index contributed by atoms with van der Waals surface area (Å²) < 4.78 is 4.86. The van der Waals surface area contributed by atoms with Gasteiger partial charge in [0.2, 0.25) is 5.91 Å². The topological polar surface area (TPSA) is 58.6 Å². The van der Waals surface area contributed by atoms with E-state index in [9.17, 15) is 9.59 Å². The van der Waals surface area contributed by atoms with E-state index in [0.29, 0.717) is 23.8 Å². The van der Waals surface area contributed by atoms with Crippen molar-refractivity contribution in [2.75, 3.05) is 14.2 Å². The lowest BCUT2D eigenvalue weighted by atomic mass is 9.48. The zero-order valence-corrected chi connectivity index (χ0v) is 16.5. The number of ether oxygens (including phenoxy) is 1. The minimum atomic E-state index is -0.301. The number of nitrogens with one attached hydrogen (secondary N) is 1. The molecule has 0 aromatic rings. The first-order valence-electron chi connectivity index (χ1n) is 10.1. The SMILES string of the molecule is COC(=O)N[C@H]1CC[C@H]2[C@@H]3CC[C@H]4N(C)C(=O)C=C[C@]4(C)[C@H]3CC[C@]12C. The molecule has 0 aromatic heterocycles. The van der Waals surface area contributed by atoms with Crippen LogP contribution in [0.4, 0.5) is 4.79 Å². The molecule has 26 heavy (non-hydrogen) atoms. The maximum Gasteiger partial charge on any atom is 0.407 e. The number of likely N-dealkylation sites (N-methyl/N-ethyl adjacent to an activating group) is 1. The molecule has 5 nitrogen and oxygen atoms in total. The lowest BCUT2D eigenvalue weighted by Crippen LogP contribution is -2.60. The van der Waals surface area contributed by atoms with Crippen LogP contribution in [0, 0.1) is 28.6 Å². The second kappa shape index (κ2) is 6.00. The zero-order valence-electron chi connectivity index (χ0n) is 16.5. The van der Waals surface area contributed by atoms with Gasteiger partial charge in [-0.25, -0.2) is 4.79 Å². The van der Waals surface area contributed by atoms with Gasteiger partial charge in [-0.15, -0.1) is 0 Å². The smallest absolute Gasteiger partial charge is 0.407 e. The average Bonchev–Trinajstić information content (AvgIpc) is 2.95. The molecule has 0 aromatic carbocycles. The van der Waals surface area contributed by atoms with Crippen LogP contribution >= 0.6 is 0 Å². The standard InChI is InChI=1S/C21H32N2O3/c1-20-11-9-15-13(14(20)6-7-16(20)22-19(25)26-4)5-8-17-21(15,2)12-10-18(24)23(17)3/h10,12-17H,5-9,11H2,1-4H3,(H,22,25)/t13-,14-,15-,16-,17+,20-,21+/m0/s1. The highest BCUT2D eigenvalue weighted by Gasteiger charge is 2.60. The first-order chi connectivity index (χ1) is 12.3. The summed E-state index contributed by atoms with van der Waals surface area (Å²) in [5, 5.41) is 3.11. The summed E-state index contributed by atoms with van der Waals surface area (Å²) in [5.41, 5.74) is 0.249. The third-order valence-corrected chi connectivity index (χ3v) is 8.61. The first kappa shape index (κ1) is 17.9. The molecule has 0 saturated heterocycles. The van der Waals surface area contributed by atoms with E-state index in [1.807, 2.05) is 11.9 Å². The van der Waals surface area contributed by atoms with E-state index in [1.165, 1.54) is 26.4 Å². The minimum absolute atomic E-state index is 0.0841. The van der Waals surface area contributed by atoms with Crippen LogP contribution in [0.2, 0.25) is 0 Å². The second-order valence-corrected chi connectivity index (χ2v) is 9.43. The fraction of sp³-hybridized carbons (Fsp3) is 0.810. The van der Waals surface area contributed by atoms with Crippen molar-refractivity contribution < 1.29 is 14.3 Å². The molecule has 0 radical (unpaired) electrons. The third kappa shape index (κ3) is 2.35. The fourth-order valence-electron chi connectivity index (χ4n) is 7.18. The van der Waals surface area contributed by atoms with Gasteiger partial charge in [-0.1, -0.05) is 19.9 Å². The van der Waals surface area contributed by atoms with E-state index >= 15 is 0 Å². The number of hydrogen-bond acceptors (Lipinski definition) is 3. The quantitative estimate of drug-likeness (QED) is 0.780. The monoisotopic (exact) mass is 360 g/mol. The van der Waals surface area contributed by atoms with Crippen LogP contribution in [-0.4, -0.2) is 43.1 Å². The van der Waals surface area contributed by atoms with Gasteiger partial charge in [0.15, 0.2) is 0 Å². The normalized spacial score (nSPS) is 47.0. The average molecular weight is 360 g/mol. The molecule has 1 aliphatic heterocycles. The highest BCUT2D eigenvalue weighted by molar-refractivity contribution is 5.89. The number of alkyl carbamates (subject to hydrolysis) is 1. The Bertz CT molecular complexity index is 647. The molecule has 1 N–H and O–H groups in total. The molecule has 5 heteroatoms. The summed E-state index contributed by atoms with van der Waals surface area (Å²) in [4.78, 5) is 25.9. The summed E-state index contributed by atoms with van der Waals surface area (Å²) in [6.45, 7) is 4.75. The molecule has 3 fully saturated rings. The van der Waals surface area contributed by atoms with E-state index < -0.39 is 0 Å². The molecule has 0 unspecified atom stereocenters. The van der Waals surface area contributed by atoms with Crippen molar-refractivity contribution in [3.63, 3.8) is 0 Å². The van der Waals surface area contributed by atoms with E-state index in [2.05, 4.69) is 25.2 Å². The lowest BCUT2D eigenvalue weighted by Gasteiger charge is -2.60. The molecular weight excluding hydrogens is 328 g/mol. The van der Waals surface area contributed by atoms with Crippen molar-refractivity contribution in [2.24, 2.45) is 28.6 Å². The van der Waals surface area contributed by atoms with Gasteiger partial charge in [-0.2, -0.15) is 0 Å². The maximum atomic E-state index is 12.1. The Kier molecular flexibility index (Phi) is 4.12. The number of carbonyl (C=O) groups is 2. The Labute approximate surface area is 156 Å². The molecule has 3 saturated carbocycles. The summed E-state index contributed by atoms with van der Waals surface area (Å²) in [5.74, 6) is 2.11. The van der Waals surface area contributed by atoms with E-state index in [1.54, 1.807) is 6.08 Å². The van der Waals surface area contributed by atoms with Crippen LogP contribution in [0.25, 0.3) is 0 Å². The van der Waals surface area contributed by atoms with E-state index in [0.717, 1.165) is 19.3 Å². The number of methoxy groups -OCH3 is 1. The molecule has 7 atom stereocenters. The Hall–Kier alpha value is -1.52. The van der Waals surface area contributed by atoms with Gasteiger partial charge in [0.05, 0.1) is 7.11 Å². The van der Waals surface area contributed by atoms with Crippen LogP contribution in [-0.2, 0) is 9.53 Å². The summed E-state index contributed by atoms with van der Waals surface area (Å²) in [6, 6.07) is 0.550. The van der Waals surface area contributed by atoms with Gasteiger partial charge in [0.25, 0.3) is 0 Å². The molecule has 1 heterocycles. The molecule has 3 aliphatic carbocycles. The van der Waals surface area contributed by atoms with E-state index in [-0.39, 0.29) is 28.9 Å². The number of fused-ring (bicyclic) bond motifs is 5. The van der Waals surface area contributed by atoms with Crippen LogP contribution in [0.5, 0.6) is 0 Å². The van der Waals surface area contributed by atoms with Crippen molar-refractivity contribution in [3.8, 4) is 0 Å². The highest BCUT2D eigenvalue weighted by Crippen LogP contribution is 2.63. The van der Waals surface area contributed by atoms with Crippen LogP contribution < -0.4 is 5.32 Å². The molecular formula is C21H32N2O3. The highest BCUT2D eigenvalue weighted by atomic mass is 16.5. The van der Waals surface area contributed by atoms with Gasteiger partial charge in [0, 0.05) is 24.5 Å². The van der Waals surface area contributed by atoms with Crippen LogP contribution in [0.3, 0.4) is 0 Å².